The summed E-state index contributed by atoms with van der Waals surface area (Å²) in [6.45, 7) is 0.0997. The fourth-order valence-electron chi connectivity index (χ4n) is 1.67. The first-order valence-corrected chi connectivity index (χ1v) is 7.48. The fraction of sp³-hybridized carbons (Fsp3) is 0.125. The van der Waals surface area contributed by atoms with Gasteiger partial charge in [0.05, 0.1) is 17.1 Å². The minimum Gasteiger partial charge on any atom is -0.283 e. The van der Waals surface area contributed by atoms with Crippen LogP contribution in [0.15, 0.2) is 65.6 Å². The van der Waals surface area contributed by atoms with Gasteiger partial charge in [0.2, 0.25) is 0 Å². The number of halogens is 3. The maximum absolute atomic E-state index is 12.4. The third-order valence-corrected chi connectivity index (χ3v) is 3.76. The molecule has 0 aromatic heterocycles. The summed E-state index contributed by atoms with van der Waals surface area (Å²) in [5, 5.41) is 0. The van der Waals surface area contributed by atoms with Crippen LogP contribution in [-0.4, -0.2) is 10.8 Å². The highest BCUT2D eigenvalue weighted by molar-refractivity contribution is 7.80. The summed E-state index contributed by atoms with van der Waals surface area (Å²) >= 11 is -1.56. The van der Waals surface area contributed by atoms with E-state index in [-0.39, 0.29) is 6.61 Å². The first-order valence-electron chi connectivity index (χ1n) is 6.41. The predicted octanol–water partition coefficient (Wildman–Crippen LogP) is 4.46. The molecule has 0 radical (unpaired) electrons. The minimum absolute atomic E-state index is 0.0997. The zero-order valence-electron chi connectivity index (χ0n) is 11.4. The van der Waals surface area contributed by atoms with Gasteiger partial charge >= 0.3 is 6.18 Å². The van der Waals surface area contributed by atoms with Gasteiger partial charge in [-0.25, -0.2) is 4.21 Å². The number of rotatable bonds is 5. The molecule has 2 aromatic rings. The normalized spacial score (nSPS) is 13.4. The van der Waals surface area contributed by atoms with Gasteiger partial charge < -0.3 is 0 Å². The molecule has 2 aromatic carbocycles. The standard InChI is InChI=1S/C16H13F3O2S/c17-16(18,19)14-10-8-13(9-11-14)5-4-12-21-22(20)15-6-2-1-3-7-15/h1-11H,12H2/b5-4+. The molecule has 0 fully saturated rings. The van der Waals surface area contributed by atoms with E-state index >= 15 is 0 Å². The lowest BCUT2D eigenvalue weighted by Gasteiger charge is -2.05. The Morgan fingerprint density at radius 1 is 1.00 bits per heavy atom. The molecule has 2 rings (SSSR count). The van der Waals surface area contributed by atoms with Gasteiger partial charge in [0.25, 0.3) is 0 Å². The number of benzene rings is 2. The monoisotopic (exact) mass is 326 g/mol. The van der Waals surface area contributed by atoms with Crippen molar-refractivity contribution >= 4 is 17.2 Å². The molecule has 2 nitrogen and oxygen atoms in total. The molecule has 0 aliphatic heterocycles. The maximum atomic E-state index is 12.4. The molecule has 0 heterocycles. The largest absolute Gasteiger partial charge is 0.416 e. The summed E-state index contributed by atoms with van der Waals surface area (Å²) in [5.74, 6) is 0. The van der Waals surface area contributed by atoms with Crippen LogP contribution in [0.5, 0.6) is 0 Å². The van der Waals surface area contributed by atoms with Crippen LogP contribution in [-0.2, 0) is 21.4 Å². The lowest BCUT2D eigenvalue weighted by molar-refractivity contribution is -0.137. The average Bonchev–Trinajstić information content (AvgIpc) is 2.52. The molecule has 116 valence electrons. The highest BCUT2D eigenvalue weighted by Crippen LogP contribution is 2.29. The van der Waals surface area contributed by atoms with Gasteiger partial charge in [-0.1, -0.05) is 42.5 Å². The second-order valence-corrected chi connectivity index (χ2v) is 5.53. The van der Waals surface area contributed by atoms with E-state index in [0.717, 1.165) is 12.1 Å². The van der Waals surface area contributed by atoms with Crippen LogP contribution in [0.3, 0.4) is 0 Å². The van der Waals surface area contributed by atoms with Crippen molar-refractivity contribution in [3.05, 3.63) is 71.8 Å². The number of hydrogen-bond donors (Lipinski definition) is 0. The van der Waals surface area contributed by atoms with E-state index in [4.69, 9.17) is 4.18 Å². The lowest BCUT2D eigenvalue weighted by Crippen LogP contribution is -2.03. The molecule has 0 aliphatic carbocycles. The molecule has 0 N–H and O–H groups in total. The van der Waals surface area contributed by atoms with Crippen molar-refractivity contribution < 1.29 is 21.6 Å². The second kappa shape index (κ2) is 7.38. The lowest BCUT2D eigenvalue weighted by atomic mass is 10.1. The molecule has 1 atom stereocenters. The molecule has 0 aliphatic rings. The van der Waals surface area contributed by atoms with E-state index in [1.165, 1.54) is 12.1 Å². The maximum Gasteiger partial charge on any atom is 0.416 e. The summed E-state index contributed by atoms with van der Waals surface area (Å²) in [4.78, 5) is 0.561. The predicted molar refractivity (Wildman–Crippen MR) is 79.3 cm³/mol. The van der Waals surface area contributed by atoms with Crippen molar-refractivity contribution in [3.63, 3.8) is 0 Å². The Balaban J connectivity index is 1.87. The van der Waals surface area contributed by atoms with Crippen molar-refractivity contribution in [2.24, 2.45) is 0 Å². The Kier molecular flexibility index (Phi) is 5.51. The molecular formula is C16H13F3O2S. The van der Waals surface area contributed by atoms with Gasteiger partial charge in [-0.15, -0.1) is 0 Å². The van der Waals surface area contributed by atoms with Crippen LogP contribution in [0.25, 0.3) is 6.08 Å². The Bertz CT molecular complexity index is 649. The average molecular weight is 326 g/mol. The Labute approximate surface area is 128 Å². The molecule has 0 spiro atoms. The molecule has 1 unspecified atom stereocenters. The molecule has 0 saturated heterocycles. The van der Waals surface area contributed by atoms with Crippen LogP contribution < -0.4 is 0 Å². The SMILES string of the molecule is O=S(OC/C=C/c1ccc(C(F)(F)F)cc1)c1ccccc1. The molecule has 22 heavy (non-hydrogen) atoms. The van der Waals surface area contributed by atoms with E-state index in [0.29, 0.717) is 10.5 Å². The third kappa shape index (κ3) is 4.82. The van der Waals surface area contributed by atoms with Crippen LogP contribution >= 0.6 is 0 Å². The Hall–Kier alpha value is -1.92. The van der Waals surface area contributed by atoms with E-state index < -0.39 is 22.8 Å². The number of hydrogen-bond acceptors (Lipinski definition) is 2. The van der Waals surface area contributed by atoms with Crippen molar-refractivity contribution in [3.8, 4) is 0 Å². The smallest absolute Gasteiger partial charge is 0.283 e. The first-order chi connectivity index (χ1) is 10.5. The van der Waals surface area contributed by atoms with Crippen LogP contribution in [0.2, 0.25) is 0 Å². The Morgan fingerprint density at radius 3 is 2.23 bits per heavy atom. The topological polar surface area (TPSA) is 26.3 Å². The van der Waals surface area contributed by atoms with E-state index in [1.807, 2.05) is 6.07 Å². The third-order valence-electron chi connectivity index (χ3n) is 2.76. The van der Waals surface area contributed by atoms with Crippen LogP contribution in [0.1, 0.15) is 11.1 Å². The van der Waals surface area contributed by atoms with Crippen molar-refractivity contribution in [1.29, 1.82) is 0 Å². The van der Waals surface area contributed by atoms with Gasteiger partial charge in [-0.3, -0.25) is 4.18 Å². The zero-order valence-corrected chi connectivity index (χ0v) is 12.2. The van der Waals surface area contributed by atoms with Gasteiger partial charge in [-0.05, 0) is 29.8 Å². The summed E-state index contributed by atoms with van der Waals surface area (Å²) < 4.78 is 54.1. The summed E-state index contributed by atoms with van der Waals surface area (Å²) in [6, 6.07) is 13.5. The van der Waals surface area contributed by atoms with E-state index in [9.17, 15) is 17.4 Å². The van der Waals surface area contributed by atoms with Crippen LogP contribution in [0.4, 0.5) is 13.2 Å². The minimum atomic E-state index is -4.34. The summed E-state index contributed by atoms with van der Waals surface area (Å²) in [6.07, 6.45) is -1.12. The summed E-state index contributed by atoms with van der Waals surface area (Å²) in [5.41, 5.74) is -0.0758. The highest BCUT2D eigenvalue weighted by atomic mass is 32.2. The van der Waals surface area contributed by atoms with E-state index in [2.05, 4.69) is 0 Å². The summed E-state index contributed by atoms with van der Waals surface area (Å²) in [7, 11) is 0. The molecule has 6 heteroatoms. The van der Waals surface area contributed by atoms with Crippen molar-refractivity contribution in [1.82, 2.24) is 0 Å². The van der Waals surface area contributed by atoms with Crippen molar-refractivity contribution in [2.45, 2.75) is 11.1 Å². The molecule has 0 saturated carbocycles. The van der Waals surface area contributed by atoms with Crippen LogP contribution in [0, 0.1) is 0 Å². The van der Waals surface area contributed by atoms with E-state index in [1.54, 1.807) is 36.4 Å². The quantitative estimate of drug-likeness (QED) is 0.811. The zero-order chi connectivity index (χ0) is 16.0. The van der Waals surface area contributed by atoms with Gasteiger partial charge in [-0.2, -0.15) is 13.2 Å². The van der Waals surface area contributed by atoms with Gasteiger partial charge in [0, 0.05) is 0 Å². The van der Waals surface area contributed by atoms with Gasteiger partial charge in [0.15, 0.2) is 11.1 Å². The van der Waals surface area contributed by atoms with Crippen molar-refractivity contribution in [2.75, 3.05) is 6.61 Å². The highest BCUT2D eigenvalue weighted by Gasteiger charge is 2.29. The number of alkyl halides is 3. The molecule has 0 amide bonds. The second-order valence-electron chi connectivity index (χ2n) is 4.35. The molecular weight excluding hydrogens is 313 g/mol. The van der Waals surface area contributed by atoms with Gasteiger partial charge in [0.1, 0.15) is 0 Å². The molecule has 0 bridgehead atoms. The fourth-order valence-corrected chi connectivity index (χ4v) is 2.39. The first kappa shape index (κ1) is 16.5. The Morgan fingerprint density at radius 2 is 1.64 bits per heavy atom.